The van der Waals surface area contributed by atoms with E-state index in [-0.39, 0.29) is 30.7 Å². The van der Waals surface area contributed by atoms with Crippen molar-refractivity contribution < 1.29 is 9.53 Å². The van der Waals surface area contributed by atoms with E-state index in [0.29, 0.717) is 19.2 Å². The lowest BCUT2D eigenvalue weighted by atomic mass is 10.0. The van der Waals surface area contributed by atoms with Gasteiger partial charge in [0.25, 0.3) is 0 Å². The first kappa shape index (κ1) is 22.2. The molecule has 5 nitrogen and oxygen atoms in total. The molecular weight excluding hydrogens is 301 g/mol. The van der Waals surface area contributed by atoms with Gasteiger partial charge in [0, 0.05) is 32.8 Å². The monoisotopic (exact) mass is 329 g/mol. The molecule has 0 saturated carbocycles. The van der Waals surface area contributed by atoms with Gasteiger partial charge in [-0.3, -0.25) is 4.79 Å². The predicted octanol–water partition coefficient (Wildman–Crippen LogP) is 1.06. The van der Waals surface area contributed by atoms with Gasteiger partial charge in [-0.25, -0.2) is 0 Å². The van der Waals surface area contributed by atoms with Gasteiger partial charge in [0.15, 0.2) is 0 Å². The summed E-state index contributed by atoms with van der Waals surface area (Å²) in [7, 11) is 1.66. The third kappa shape index (κ3) is 9.77. The first-order valence-corrected chi connectivity index (χ1v) is 6.97. The molecule has 0 aromatic rings. The lowest BCUT2D eigenvalue weighted by Gasteiger charge is -2.32. The summed E-state index contributed by atoms with van der Waals surface area (Å²) in [5, 5.41) is 6.15. The number of amides is 1. The minimum Gasteiger partial charge on any atom is -0.383 e. The highest BCUT2D eigenvalue weighted by atomic mass is 35.5. The fraction of sp³-hybridized carbons (Fsp3) is 0.923. The number of piperidine rings is 1. The van der Waals surface area contributed by atoms with E-state index in [1.165, 1.54) is 13.0 Å². The zero-order chi connectivity index (χ0) is 13.2. The summed E-state index contributed by atoms with van der Waals surface area (Å²) in [6.45, 7) is 7.35. The van der Waals surface area contributed by atoms with Crippen molar-refractivity contribution in [3.63, 3.8) is 0 Å². The van der Waals surface area contributed by atoms with Gasteiger partial charge in [0.1, 0.15) is 0 Å². The van der Waals surface area contributed by atoms with Gasteiger partial charge in [-0.1, -0.05) is 6.92 Å². The number of carbonyl (C=O) groups is 1. The zero-order valence-electron chi connectivity index (χ0n) is 12.5. The minimum atomic E-state index is 0. The van der Waals surface area contributed by atoms with Crippen LogP contribution in [0.1, 0.15) is 26.2 Å². The van der Waals surface area contributed by atoms with Gasteiger partial charge in [-0.05, 0) is 25.8 Å². The topological polar surface area (TPSA) is 53.6 Å². The molecule has 0 unspecified atom stereocenters. The van der Waals surface area contributed by atoms with Crippen LogP contribution in [-0.4, -0.2) is 63.3 Å². The van der Waals surface area contributed by atoms with E-state index in [2.05, 4.69) is 22.5 Å². The number of ether oxygens (including phenoxy) is 1. The molecule has 1 amide bonds. The average molecular weight is 330 g/mol. The van der Waals surface area contributed by atoms with Crippen molar-refractivity contribution in [1.29, 1.82) is 0 Å². The van der Waals surface area contributed by atoms with Crippen LogP contribution >= 0.6 is 24.8 Å². The van der Waals surface area contributed by atoms with Gasteiger partial charge >= 0.3 is 0 Å². The Morgan fingerprint density at radius 1 is 1.30 bits per heavy atom. The highest BCUT2D eigenvalue weighted by Crippen LogP contribution is 2.10. The Kier molecular flexibility index (Phi) is 15.4. The molecule has 0 spiro atoms. The number of halogens is 2. The van der Waals surface area contributed by atoms with Gasteiger partial charge < -0.3 is 20.3 Å². The van der Waals surface area contributed by atoms with E-state index in [1.807, 2.05) is 0 Å². The SMILES string of the molecule is CCCN1CCC(NC(=O)CNCCOC)CC1.Cl.Cl. The maximum atomic E-state index is 11.7. The number of carbonyl (C=O) groups excluding carboxylic acids is 1. The highest BCUT2D eigenvalue weighted by molar-refractivity contribution is 5.85. The highest BCUT2D eigenvalue weighted by Gasteiger charge is 2.19. The van der Waals surface area contributed by atoms with Crippen LogP contribution in [-0.2, 0) is 9.53 Å². The summed E-state index contributed by atoms with van der Waals surface area (Å²) < 4.78 is 4.91. The van der Waals surface area contributed by atoms with Crippen molar-refractivity contribution in [2.75, 3.05) is 46.4 Å². The van der Waals surface area contributed by atoms with Crippen LogP contribution in [0.15, 0.2) is 0 Å². The Balaban J connectivity index is 0. The van der Waals surface area contributed by atoms with Gasteiger partial charge in [0.05, 0.1) is 13.2 Å². The first-order chi connectivity index (χ1) is 8.76. The van der Waals surface area contributed by atoms with Crippen molar-refractivity contribution >= 4 is 30.7 Å². The van der Waals surface area contributed by atoms with Crippen molar-refractivity contribution in [3.8, 4) is 0 Å². The van der Waals surface area contributed by atoms with Crippen molar-refractivity contribution in [1.82, 2.24) is 15.5 Å². The van der Waals surface area contributed by atoms with Crippen LogP contribution in [0.2, 0.25) is 0 Å². The molecule has 1 rings (SSSR count). The second-order valence-electron chi connectivity index (χ2n) is 4.85. The van der Waals surface area contributed by atoms with E-state index < -0.39 is 0 Å². The normalized spacial score (nSPS) is 16.1. The fourth-order valence-electron chi connectivity index (χ4n) is 2.27. The molecule has 1 saturated heterocycles. The van der Waals surface area contributed by atoms with Crippen molar-refractivity contribution in [2.45, 2.75) is 32.2 Å². The molecule has 1 aliphatic heterocycles. The number of hydrogen-bond acceptors (Lipinski definition) is 4. The van der Waals surface area contributed by atoms with Crippen LogP contribution in [0, 0.1) is 0 Å². The van der Waals surface area contributed by atoms with E-state index in [9.17, 15) is 4.79 Å². The minimum absolute atomic E-state index is 0. The second-order valence-corrected chi connectivity index (χ2v) is 4.85. The van der Waals surface area contributed by atoms with E-state index in [1.54, 1.807) is 7.11 Å². The molecule has 20 heavy (non-hydrogen) atoms. The van der Waals surface area contributed by atoms with E-state index in [0.717, 1.165) is 32.5 Å². The third-order valence-electron chi connectivity index (χ3n) is 3.26. The standard InChI is InChI=1S/C13H27N3O2.2ClH/c1-3-7-16-8-4-12(5-9-16)15-13(17)11-14-6-10-18-2;;/h12,14H,3-11H2,1-2H3,(H,15,17);2*1H. The first-order valence-electron chi connectivity index (χ1n) is 6.97. The van der Waals surface area contributed by atoms with E-state index >= 15 is 0 Å². The Hall–Kier alpha value is -0.0700. The zero-order valence-corrected chi connectivity index (χ0v) is 14.2. The predicted molar refractivity (Wildman–Crippen MR) is 87.1 cm³/mol. The summed E-state index contributed by atoms with van der Waals surface area (Å²) in [6, 6.07) is 0.356. The lowest BCUT2D eigenvalue weighted by molar-refractivity contribution is -0.121. The maximum absolute atomic E-state index is 11.7. The Morgan fingerprint density at radius 3 is 2.50 bits per heavy atom. The third-order valence-corrected chi connectivity index (χ3v) is 3.26. The molecule has 2 N–H and O–H groups in total. The van der Waals surface area contributed by atoms with Crippen molar-refractivity contribution in [2.24, 2.45) is 0 Å². The second kappa shape index (κ2) is 13.9. The van der Waals surface area contributed by atoms with E-state index in [4.69, 9.17) is 4.74 Å². The fourth-order valence-corrected chi connectivity index (χ4v) is 2.27. The molecule has 7 heteroatoms. The molecule has 0 aromatic carbocycles. The van der Waals surface area contributed by atoms with Gasteiger partial charge in [-0.15, -0.1) is 24.8 Å². The summed E-state index contributed by atoms with van der Waals surface area (Å²) in [4.78, 5) is 14.1. The maximum Gasteiger partial charge on any atom is 0.234 e. The number of rotatable bonds is 8. The van der Waals surface area contributed by atoms with Crippen molar-refractivity contribution in [3.05, 3.63) is 0 Å². The number of methoxy groups -OCH3 is 1. The largest absolute Gasteiger partial charge is 0.383 e. The molecule has 0 aromatic heterocycles. The number of hydrogen-bond donors (Lipinski definition) is 2. The Labute approximate surface area is 135 Å². The molecule has 0 bridgehead atoms. The number of nitrogens with zero attached hydrogens (tertiary/aromatic N) is 1. The van der Waals surface area contributed by atoms with Crippen LogP contribution in [0.3, 0.4) is 0 Å². The number of likely N-dealkylation sites (tertiary alicyclic amines) is 1. The van der Waals surface area contributed by atoms with Crippen LogP contribution in [0.25, 0.3) is 0 Å². The summed E-state index contributed by atoms with van der Waals surface area (Å²) in [6.07, 6.45) is 3.36. The van der Waals surface area contributed by atoms with Gasteiger partial charge in [0.2, 0.25) is 5.91 Å². The summed E-state index contributed by atoms with van der Waals surface area (Å²) in [5.41, 5.74) is 0. The molecule has 122 valence electrons. The van der Waals surface area contributed by atoms with Crippen LogP contribution in [0.4, 0.5) is 0 Å². The molecule has 0 radical (unpaired) electrons. The Bertz CT molecular complexity index is 238. The van der Waals surface area contributed by atoms with Crippen LogP contribution in [0.5, 0.6) is 0 Å². The quantitative estimate of drug-likeness (QED) is 0.654. The molecule has 0 atom stereocenters. The summed E-state index contributed by atoms with van der Waals surface area (Å²) >= 11 is 0. The molecule has 1 heterocycles. The Morgan fingerprint density at radius 2 is 1.95 bits per heavy atom. The van der Waals surface area contributed by atoms with Crippen LogP contribution < -0.4 is 10.6 Å². The molecule has 1 aliphatic rings. The average Bonchev–Trinajstić information content (AvgIpc) is 2.37. The molecule has 0 aliphatic carbocycles. The number of nitrogens with one attached hydrogen (secondary N) is 2. The summed E-state index contributed by atoms with van der Waals surface area (Å²) in [5.74, 6) is 0.0973. The smallest absolute Gasteiger partial charge is 0.234 e. The molecular formula is C13H29Cl2N3O2. The molecule has 1 fully saturated rings. The van der Waals surface area contributed by atoms with Gasteiger partial charge in [-0.2, -0.15) is 0 Å². The lowest BCUT2D eigenvalue weighted by Crippen LogP contribution is -2.47.